The second-order valence-electron chi connectivity index (χ2n) is 2.02. The Morgan fingerprint density at radius 3 is 2.40 bits per heavy atom. The molecule has 1 unspecified atom stereocenters. The number of nitrogens with one attached hydrogen (secondary N) is 1. The summed E-state index contributed by atoms with van der Waals surface area (Å²) in [5, 5.41) is 2.23. The zero-order valence-electron chi connectivity index (χ0n) is 5.70. The molecule has 0 fully saturated rings. The van der Waals surface area contributed by atoms with Crippen LogP contribution in [-0.2, 0) is 0 Å². The highest BCUT2D eigenvalue weighted by Gasteiger charge is 2.26. The van der Waals surface area contributed by atoms with Crippen LogP contribution < -0.4 is 5.32 Å². The predicted molar refractivity (Wildman–Crippen MR) is 33.7 cm³/mol. The summed E-state index contributed by atoms with van der Waals surface area (Å²) in [6, 6.07) is -0.290. The zero-order chi connectivity index (χ0) is 8.20. The van der Waals surface area contributed by atoms with Gasteiger partial charge in [0.25, 0.3) is 0 Å². The van der Waals surface area contributed by atoms with Crippen LogP contribution in [0.25, 0.3) is 0 Å². The van der Waals surface area contributed by atoms with Gasteiger partial charge < -0.3 is 5.32 Å². The second-order valence-corrected chi connectivity index (χ2v) is 2.02. The van der Waals surface area contributed by atoms with Gasteiger partial charge >= 0.3 is 6.18 Å². The van der Waals surface area contributed by atoms with Crippen molar-refractivity contribution in [1.29, 1.82) is 0 Å². The molecule has 0 radical (unpaired) electrons. The Balaban J connectivity index is 3.45. The van der Waals surface area contributed by atoms with Crippen molar-refractivity contribution in [1.82, 2.24) is 5.32 Å². The Morgan fingerprint density at radius 1 is 1.60 bits per heavy atom. The van der Waals surface area contributed by atoms with E-state index in [9.17, 15) is 13.2 Å². The Bertz CT molecular complexity index is 108. The molecule has 1 N–H and O–H groups in total. The highest BCUT2D eigenvalue weighted by atomic mass is 19.4. The van der Waals surface area contributed by atoms with Gasteiger partial charge in [-0.25, -0.2) is 0 Å². The summed E-state index contributed by atoms with van der Waals surface area (Å²) >= 11 is 0. The molecule has 0 amide bonds. The molecule has 0 aliphatic carbocycles. The van der Waals surface area contributed by atoms with E-state index in [1.54, 1.807) is 6.92 Å². The number of hydrogen-bond donors (Lipinski definition) is 1. The summed E-state index contributed by atoms with van der Waals surface area (Å²) in [4.78, 5) is 0. The first-order valence-electron chi connectivity index (χ1n) is 2.88. The van der Waals surface area contributed by atoms with Gasteiger partial charge in [-0.3, -0.25) is 0 Å². The first-order chi connectivity index (χ1) is 4.45. The molecular weight excluding hydrogens is 143 g/mol. The van der Waals surface area contributed by atoms with Gasteiger partial charge in [0, 0.05) is 6.04 Å². The quantitative estimate of drug-likeness (QED) is 0.608. The van der Waals surface area contributed by atoms with Crippen molar-refractivity contribution in [3.8, 4) is 0 Å². The molecule has 0 bridgehead atoms. The highest BCUT2D eigenvalue weighted by molar-refractivity contribution is 4.81. The van der Waals surface area contributed by atoms with Crippen LogP contribution in [0.4, 0.5) is 13.2 Å². The molecule has 1 nitrogen and oxygen atoms in total. The SMILES string of the molecule is C=CC(C)NCC(F)(F)F. The van der Waals surface area contributed by atoms with Gasteiger partial charge in [0.2, 0.25) is 0 Å². The fourth-order valence-corrected chi connectivity index (χ4v) is 0.360. The largest absolute Gasteiger partial charge is 0.401 e. The molecule has 1 atom stereocenters. The van der Waals surface area contributed by atoms with Crippen LogP contribution in [0.2, 0.25) is 0 Å². The van der Waals surface area contributed by atoms with Crippen molar-refractivity contribution in [2.45, 2.75) is 19.1 Å². The van der Waals surface area contributed by atoms with Gasteiger partial charge in [0.05, 0.1) is 6.54 Å². The lowest BCUT2D eigenvalue weighted by Gasteiger charge is -2.10. The molecule has 0 saturated heterocycles. The number of halogens is 3. The van der Waals surface area contributed by atoms with Crippen LogP contribution in [0, 0.1) is 0 Å². The van der Waals surface area contributed by atoms with Crippen LogP contribution in [0.1, 0.15) is 6.92 Å². The van der Waals surface area contributed by atoms with E-state index in [4.69, 9.17) is 0 Å². The van der Waals surface area contributed by atoms with Crippen molar-refractivity contribution >= 4 is 0 Å². The summed E-state index contributed by atoms with van der Waals surface area (Å²) in [6.45, 7) is 3.98. The smallest absolute Gasteiger partial charge is 0.303 e. The maximum absolute atomic E-state index is 11.5. The third kappa shape index (κ3) is 5.62. The monoisotopic (exact) mass is 153 g/mol. The summed E-state index contributed by atoms with van der Waals surface area (Å²) in [7, 11) is 0. The van der Waals surface area contributed by atoms with Crippen molar-refractivity contribution in [3.63, 3.8) is 0 Å². The average Bonchev–Trinajstić information content (AvgIpc) is 1.81. The topological polar surface area (TPSA) is 12.0 Å². The minimum Gasteiger partial charge on any atom is -0.303 e. The van der Waals surface area contributed by atoms with E-state index in [2.05, 4.69) is 11.9 Å². The summed E-state index contributed by atoms with van der Waals surface area (Å²) < 4.78 is 34.4. The molecule has 0 saturated carbocycles. The zero-order valence-corrected chi connectivity index (χ0v) is 5.70. The molecule has 4 heteroatoms. The fourth-order valence-electron chi connectivity index (χ4n) is 0.360. The number of hydrogen-bond acceptors (Lipinski definition) is 1. The summed E-state index contributed by atoms with van der Waals surface area (Å²) in [5.41, 5.74) is 0. The summed E-state index contributed by atoms with van der Waals surface area (Å²) in [6.07, 6.45) is -2.71. The van der Waals surface area contributed by atoms with Crippen molar-refractivity contribution in [2.24, 2.45) is 0 Å². The van der Waals surface area contributed by atoms with E-state index in [0.29, 0.717) is 0 Å². The molecule has 0 spiro atoms. The third-order valence-corrected chi connectivity index (χ3v) is 0.978. The van der Waals surface area contributed by atoms with Crippen molar-refractivity contribution in [3.05, 3.63) is 12.7 Å². The van der Waals surface area contributed by atoms with Gasteiger partial charge in [0.1, 0.15) is 0 Å². The maximum Gasteiger partial charge on any atom is 0.401 e. The van der Waals surface area contributed by atoms with E-state index < -0.39 is 12.7 Å². The Labute approximate surface area is 57.9 Å². The standard InChI is InChI=1S/C6H10F3N/c1-3-5(2)10-4-6(7,8)9/h3,5,10H,1,4H2,2H3. The minimum atomic E-state index is -4.13. The van der Waals surface area contributed by atoms with Crippen LogP contribution >= 0.6 is 0 Å². The molecule has 60 valence electrons. The Kier molecular flexibility index (Phi) is 3.42. The molecule has 0 rings (SSSR count). The fraction of sp³-hybridized carbons (Fsp3) is 0.667. The van der Waals surface area contributed by atoms with Gasteiger partial charge in [0.15, 0.2) is 0 Å². The molecule has 0 aliphatic rings. The molecule has 10 heavy (non-hydrogen) atoms. The van der Waals surface area contributed by atoms with Gasteiger partial charge in [-0.05, 0) is 6.92 Å². The van der Waals surface area contributed by atoms with Crippen LogP contribution in [0.15, 0.2) is 12.7 Å². The van der Waals surface area contributed by atoms with Crippen LogP contribution in [-0.4, -0.2) is 18.8 Å². The molecule has 0 heterocycles. The van der Waals surface area contributed by atoms with Gasteiger partial charge in [-0.2, -0.15) is 13.2 Å². The lowest BCUT2D eigenvalue weighted by Crippen LogP contribution is -2.34. The van der Waals surface area contributed by atoms with Crippen LogP contribution in [0.3, 0.4) is 0 Å². The minimum absolute atomic E-state index is 0.290. The van der Waals surface area contributed by atoms with Crippen molar-refractivity contribution in [2.75, 3.05) is 6.54 Å². The first kappa shape index (κ1) is 9.49. The number of alkyl halides is 3. The maximum atomic E-state index is 11.5. The Hall–Kier alpha value is -0.510. The molecular formula is C6H10F3N. The lowest BCUT2D eigenvalue weighted by molar-refractivity contribution is -0.125. The highest BCUT2D eigenvalue weighted by Crippen LogP contribution is 2.12. The van der Waals surface area contributed by atoms with Crippen LogP contribution in [0.5, 0.6) is 0 Å². The molecule has 0 aromatic carbocycles. The van der Waals surface area contributed by atoms with E-state index in [1.807, 2.05) is 0 Å². The average molecular weight is 153 g/mol. The van der Waals surface area contributed by atoms with E-state index in [0.717, 1.165) is 0 Å². The van der Waals surface area contributed by atoms with E-state index in [1.165, 1.54) is 6.08 Å². The van der Waals surface area contributed by atoms with Crippen molar-refractivity contribution < 1.29 is 13.2 Å². The third-order valence-electron chi connectivity index (χ3n) is 0.978. The molecule has 0 aromatic rings. The normalized spacial score (nSPS) is 14.8. The van der Waals surface area contributed by atoms with Gasteiger partial charge in [-0.15, -0.1) is 6.58 Å². The van der Waals surface area contributed by atoms with E-state index >= 15 is 0 Å². The predicted octanol–water partition coefficient (Wildman–Crippen LogP) is 1.71. The lowest BCUT2D eigenvalue weighted by atomic mass is 10.3. The molecule has 0 aliphatic heterocycles. The first-order valence-corrected chi connectivity index (χ1v) is 2.88. The number of rotatable bonds is 3. The van der Waals surface area contributed by atoms with Gasteiger partial charge in [-0.1, -0.05) is 6.08 Å². The second kappa shape index (κ2) is 3.61. The molecule has 0 aromatic heterocycles. The summed E-state index contributed by atoms with van der Waals surface area (Å²) in [5.74, 6) is 0. The van der Waals surface area contributed by atoms with E-state index in [-0.39, 0.29) is 6.04 Å². The Morgan fingerprint density at radius 2 is 2.10 bits per heavy atom.